The summed E-state index contributed by atoms with van der Waals surface area (Å²) in [5, 5.41) is 13.3. The SMILES string of the molecule is COc1ccc(-c2csc(N3N=C(c4ccc(Cl)cc4)CC3c3ccc4ccccc4c3)n2)cc1. The highest BCUT2D eigenvalue weighted by Gasteiger charge is 2.32. The van der Waals surface area contributed by atoms with Crippen LogP contribution in [0.15, 0.2) is 101 Å². The summed E-state index contributed by atoms with van der Waals surface area (Å²) < 4.78 is 5.29. The Morgan fingerprint density at radius 2 is 1.63 bits per heavy atom. The van der Waals surface area contributed by atoms with Gasteiger partial charge in [-0.05, 0) is 64.4 Å². The Kier molecular flexibility index (Phi) is 5.72. The van der Waals surface area contributed by atoms with Crippen molar-refractivity contribution in [2.45, 2.75) is 12.5 Å². The minimum Gasteiger partial charge on any atom is -0.497 e. The van der Waals surface area contributed by atoms with E-state index in [0.717, 1.165) is 44.9 Å². The third kappa shape index (κ3) is 4.29. The van der Waals surface area contributed by atoms with E-state index in [1.54, 1.807) is 18.4 Å². The van der Waals surface area contributed by atoms with Crippen molar-refractivity contribution in [3.05, 3.63) is 113 Å². The maximum Gasteiger partial charge on any atom is 0.207 e. The number of anilines is 1. The van der Waals surface area contributed by atoms with Crippen LogP contribution in [-0.2, 0) is 0 Å². The number of methoxy groups -OCH3 is 1. The predicted molar refractivity (Wildman–Crippen MR) is 146 cm³/mol. The number of hydrazone groups is 1. The Morgan fingerprint density at radius 1 is 0.886 bits per heavy atom. The van der Waals surface area contributed by atoms with Crippen LogP contribution in [0.2, 0.25) is 5.02 Å². The van der Waals surface area contributed by atoms with E-state index in [2.05, 4.69) is 52.9 Å². The van der Waals surface area contributed by atoms with E-state index < -0.39 is 0 Å². The van der Waals surface area contributed by atoms with Crippen molar-refractivity contribution >= 4 is 44.6 Å². The minimum absolute atomic E-state index is 0.0557. The Morgan fingerprint density at radius 3 is 2.40 bits per heavy atom. The molecule has 0 radical (unpaired) electrons. The van der Waals surface area contributed by atoms with Gasteiger partial charge in [-0.2, -0.15) is 5.10 Å². The van der Waals surface area contributed by atoms with Crippen molar-refractivity contribution in [1.29, 1.82) is 0 Å². The molecule has 6 heteroatoms. The zero-order valence-corrected chi connectivity index (χ0v) is 20.6. The summed E-state index contributed by atoms with van der Waals surface area (Å²) in [5.41, 5.74) is 5.31. The highest BCUT2D eigenvalue weighted by atomic mass is 35.5. The molecular weight excluding hydrogens is 474 g/mol. The van der Waals surface area contributed by atoms with Crippen LogP contribution in [0.5, 0.6) is 5.75 Å². The van der Waals surface area contributed by atoms with Crippen molar-refractivity contribution < 1.29 is 4.74 Å². The first-order valence-corrected chi connectivity index (χ1v) is 12.6. The highest BCUT2D eigenvalue weighted by molar-refractivity contribution is 7.14. The monoisotopic (exact) mass is 495 g/mol. The van der Waals surface area contributed by atoms with E-state index in [1.807, 2.05) is 48.5 Å². The van der Waals surface area contributed by atoms with Crippen LogP contribution < -0.4 is 9.75 Å². The smallest absolute Gasteiger partial charge is 0.207 e. The molecule has 1 aliphatic heterocycles. The molecule has 4 aromatic carbocycles. The van der Waals surface area contributed by atoms with Crippen LogP contribution >= 0.6 is 22.9 Å². The number of fused-ring (bicyclic) bond motifs is 1. The third-order valence-corrected chi connectivity index (χ3v) is 7.40. The number of halogens is 1. The summed E-state index contributed by atoms with van der Waals surface area (Å²) >= 11 is 7.75. The van der Waals surface area contributed by atoms with E-state index in [0.29, 0.717) is 0 Å². The first kappa shape index (κ1) is 21.8. The topological polar surface area (TPSA) is 37.7 Å². The number of aromatic nitrogens is 1. The first-order valence-electron chi connectivity index (χ1n) is 11.4. The van der Waals surface area contributed by atoms with Crippen LogP contribution in [0.4, 0.5) is 5.13 Å². The van der Waals surface area contributed by atoms with Gasteiger partial charge in [0.05, 0.1) is 24.6 Å². The second-order valence-corrected chi connectivity index (χ2v) is 9.74. The molecule has 0 spiro atoms. The average molecular weight is 496 g/mol. The number of hydrogen-bond acceptors (Lipinski definition) is 5. The summed E-state index contributed by atoms with van der Waals surface area (Å²) in [5.74, 6) is 0.831. The molecule has 6 rings (SSSR count). The van der Waals surface area contributed by atoms with Crippen molar-refractivity contribution in [2.75, 3.05) is 12.1 Å². The van der Waals surface area contributed by atoms with Crippen LogP contribution in [0.3, 0.4) is 0 Å². The molecule has 0 aliphatic carbocycles. The fraction of sp³-hybridized carbons (Fsp3) is 0.103. The largest absolute Gasteiger partial charge is 0.497 e. The van der Waals surface area contributed by atoms with Gasteiger partial charge < -0.3 is 4.74 Å². The summed E-state index contributed by atoms with van der Waals surface area (Å²) in [4.78, 5) is 4.97. The molecule has 0 saturated heterocycles. The summed E-state index contributed by atoms with van der Waals surface area (Å²) in [6.45, 7) is 0. The molecule has 0 bridgehead atoms. The molecule has 0 saturated carbocycles. The van der Waals surface area contributed by atoms with Crippen LogP contribution in [0.1, 0.15) is 23.6 Å². The molecule has 172 valence electrons. The summed E-state index contributed by atoms with van der Waals surface area (Å²) in [6.07, 6.45) is 0.789. The van der Waals surface area contributed by atoms with Gasteiger partial charge in [0, 0.05) is 22.4 Å². The molecule has 1 unspecified atom stereocenters. The molecule has 35 heavy (non-hydrogen) atoms. The second kappa shape index (κ2) is 9.17. The number of ether oxygens (including phenoxy) is 1. The Bertz CT molecular complexity index is 1530. The lowest BCUT2D eigenvalue weighted by molar-refractivity contribution is 0.415. The molecule has 4 nitrogen and oxygen atoms in total. The molecule has 0 N–H and O–H groups in total. The lowest BCUT2D eigenvalue weighted by Crippen LogP contribution is -2.18. The fourth-order valence-corrected chi connectivity index (χ4v) is 5.40. The second-order valence-electron chi connectivity index (χ2n) is 8.47. The summed E-state index contributed by atoms with van der Waals surface area (Å²) in [6, 6.07) is 31.0. The lowest BCUT2D eigenvalue weighted by Gasteiger charge is -2.21. The van der Waals surface area contributed by atoms with Gasteiger partial charge in [0.25, 0.3) is 0 Å². The quantitative estimate of drug-likeness (QED) is 0.248. The Labute approximate surface area is 213 Å². The van der Waals surface area contributed by atoms with Gasteiger partial charge in [-0.25, -0.2) is 9.99 Å². The minimum atomic E-state index is 0.0557. The lowest BCUT2D eigenvalue weighted by atomic mass is 9.96. The average Bonchev–Trinajstić information content (AvgIpc) is 3.57. The van der Waals surface area contributed by atoms with Crippen LogP contribution in [0, 0.1) is 0 Å². The van der Waals surface area contributed by atoms with Gasteiger partial charge in [-0.15, -0.1) is 11.3 Å². The van der Waals surface area contributed by atoms with Crippen LogP contribution in [-0.4, -0.2) is 17.8 Å². The zero-order chi connectivity index (χ0) is 23.8. The third-order valence-electron chi connectivity index (χ3n) is 6.32. The van der Waals surface area contributed by atoms with Crippen molar-refractivity contribution in [1.82, 2.24) is 4.98 Å². The molecule has 1 aromatic heterocycles. The standard InChI is InChI=1S/C29H22ClN3OS/c1-34-25-14-10-21(11-15-25)27-18-35-29(31-27)33-28(17-26(32-33)20-8-12-24(30)13-9-20)23-7-6-19-4-2-3-5-22(19)16-23/h2-16,18,28H,17H2,1H3. The van der Waals surface area contributed by atoms with Gasteiger partial charge in [0.1, 0.15) is 5.75 Å². The normalized spacial score (nSPS) is 15.4. The number of rotatable bonds is 5. The van der Waals surface area contributed by atoms with E-state index in [-0.39, 0.29) is 6.04 Å². The van der Waals surface area contributed by atoms with Crippen LogP contribution in [0.25, 0.3) is 22.0 Å². The van der Waals surface area contributed by atoms with Crippen molar-refractivity contribution in [3.8, 4) is 17.0 Å². The number of nitrogens with zero attached hydrogens (tertiary/aromatic N) is 3. The Hall–Kier alpha value is -3.67. The maximum absolute atomic E-state index is 6.14. The van der Waals surface area contributed by atoms with Crippen molar-refractivity contribution in [2.24, 2.45) is 5.10 Å². The van der Waals surface area contributed by atoms with Gasteiger partial charge in [0.15, 0.2) is 0 Å². The number of hydrogen-bond donors (Lipinski definition) is 0. The predicted octanol–water partition coefficient (Wildman–Crippen LogP) is 7.98. The first-order chi connectivity index (χ1) is 17.2. The molecule has 1 atom stereocenters. The highest BCUT2D eigenvalue weighted by Crippen LogP contribution is 2.40. The van der Waals surface area contributed by atoms with Gasteiger partial charge in [-0.1, -0.05) is 60.1 Å². The number of benzene rings is 4. The fourth-order valence-electron chi connectivity index (χ4n) is 4.44. The Balaban J connectivity index is 1.39. The van der Waals surface area contributed by atoms with Gasteiger partial charge in [-0.3, -0.25) is 0 Å². The molecule has 0 fully saturated rings. The summed E-state index contributed by atoms with van der Waals surface area (Å²) in [7, 11) is 1.67. The maximum atomic E-state index is 6.14. The molecule has 1 aliphatic rings. The van der Waals surface area contributed by atoms with E-state index in [9.17, 15) is 0 Å². The number of thiazole rings is 1. The van der Waals surface area contributed by atoms with E-state index in [1.165, 1.54) is 16.3 Å². The van der Waals surface area contributed by atoms with Gasteiger partial charge in [0.2, 0.25) is 5.13 Å². The van der Waals surface area contributed by atoms with E-state index >= 15 is 0 Å². The van der Waals surface area contributed by atoms with Crippen molar-refractivity contribution in [3.63, 3.8) is 0 Å². The molecule has 0 amide bonds. The zero-order valence-electron chi connectivity index (χ0n) is 19.1. The molecular formula is C29H22ClN3OS. The molecule has 5 aromatic rings. The van der Waals surface area contributed by atoms with E-state index in [4.69, 9.17) is 26.4 Å². The van der Waals surface area contributed by atoms with Gasteiger partial charge >= 0.3 is 0 Å². The molecule has 2 heterocycles.